The molecular formula is C15H28IN3O2S. The van der Waals surface area contributed by atoms with Crippen LogP contribution in [-0.4, -0.2) is 72.5 Å². The van der Waals surface area contributed by atoms with Crippen LogP contribution in [-0.2, 0) is 4.74 Å². The van der Waals surface area contributed by atoms with Crippen LogP contribution in [0.15, 0.2) is 4.99 Å². The molecule has 0 aromatic rings. The summed E-state index contributed by atoms with van der Waals surface area (Å²) in [5, 5.41) is 13.9. The molecule has 3 rings (SSSR count). The van der Waals surface area contributed by atoms with E-state index in [4.69, 9.17) is 9.73 Å². The lowest BCUT2D eigenvalue weighted by molar-refractivity contribution is 0.0776. The quantitative estimate of drug-likeness (QED) is 0.396. The number of rotatable bonds is 3. The molecule has 3 saturated heterocycles. The van der Waals surface area contributed by atoms with E-state index >= 15 is 0 Å². The molecule has 0 amide bonds. The summed E-state index contributed by atoms with van der Waals surface area (Å²) in [6.45, 7) is 7.35. The summed E-state index contributed by atoms with van der Waals surface area (Å²) < 4.78 is 5.60. The van der Waals surface area contributed by atoms with Gasteiger partial charge in [0.1, 0.15) is 0 Å². The van der Waals surface area contributed by atoms with Gasteiger partial charge in [-0.2, -0.15) is 11.8 Å². The van der Waals surface area contributed by atoms with Crippen molar-refractivity contribution in [1.29, 1.82) is 0 Å². The third-order valence-electron chi connectivity index (χ3n) is 4.86. The molecule has 2 atom stereocenters. The highest BCUT2D eigenvalue weighted by Gasteiger charge is 2.42. The van der Waals surface area contributed by atoms with Crippen molar-refractivity contribution < 1.29 is 9.84 Å². The molecule has 3 aliphatic rings. The Balaban J connectivity index is 0.00000176. The van der Waals surface area contributed by atoms with Gasteiger partial charge < -0.3 is 20.1 Å². The van der Waals surface area contributed by atoms with Crippen molar-refractivity contribution in [3.8, 4) is 0 Å². The average molecular weight is 441 g/mol. The zero-order valence-electron chi connectivity index (χ0n) is 13.3. The molecule has 0 bridgehead atoms. The third-order valence-corrected chi connectivity index (χ3v) is 6.10. The van der Waals surface area contributed by atoms with Crippen LogP contribution in [0.5, 0.6) is 0 Å². The van der Waals surface area contributed by atoms with Crippen LogP contribution in [0.2, 0.25) is 0 Å². The van der Waals surface area contributed by atoms with Crippen LogP contribution in [0.25, 0.3) is 0 Å². The monoisotopic (exact) mass is 441 g/mol. The van der Waals surface area contributed by atoms with Gasteiger partial charge >= 0.3 is 0 Å². The summed E-state index contributed by atoms with van der Waals surface area (Å²) in [5.41, 5.74) is -0.254. The highest BCUT2D eigenvalue weighted by Crippen LogP contribution is 2.38. The smallest absolute Gasteiger partial charge is 0.194 e. The lowest BCUT2D eigenvalue weighted by Crippen LogP contribution is -2.43. The summed E-state index contributed by atoms with van der Waals surface area (Å²) in [4.78, 5) is 7.08. The fourth-order valence-electron chi connectivity index (χ4n) is 3.46. The molecule has 2 unspecified atom stereocenters. The minimum Gasteiger partial charge on any atom is -0.387 e. The van der Waals surface area contributed by atoms with Gasteiger partial charge in [-0.05, 0) is 31.9 Å². The Bertz CT molecular complexity index is 396. The highest BCUT2D eigenvalue weighted by molar-refractivity contribution is 14.0. The van der Waals surface area contributed by atoms with E-state index in [1.54, 1.807) is 0 Å². The molecule has 3 fully saturated rings. The van der Waals surface area contributed by atoms with Crippen molar-refractivity contribution in [3.05, 3.63) is 0 Å². The van der Waals surface area contributed by atoms with Crippen molar-refractivity contribution in [2.45, 2.75) is 31.8 Å². The van der Waals surface area contributed by atoms with Crippen LogP contribution in [0.4, 0.5) is 0 Å². The molecule has 5 nitrogen and oxygen atoms in total. The number of likely N-dealkylation sites (tertiary alicyclic amines) is 1. The van der Waals surface area contributed by atoms with E-state index in [9.17, 15) is 5.11 Å². The second kappa shape index (κ2) is 7.90. The summed E-state index contributed by atoms with van der Waals surface area (Å²) in [7, 11) is 0. The molecule has 0 aromatic carbocycles. The van der Waals surface area contributed by atoms with Crippen molar-refractivity contribution in [1.82, 2.24) is 10.2 Å². The average Bonchev–Trinajstić information content (AvgIpc) is 3.19. The summed E-state index contributed by atoms with van der Waals surface area (Å²) in [6, 6.07) is 0. The number of ether oxygens (including phenoxy) is 1. The largest absolute Gasteiger partial charge is 0.387 e. The van der Waals surface area contributed by atoms with Gasteiger partial charge in [0.25, 0.3) is 0 Å². The molecule has 7 heteroatoms. The molecule has 0 radical (unpaired) electrons. The van der Waals surface area contributed by atoms with Crippen LogP contribution in [0.3, 0.4) is 0 Å². The molecule has 3 heterocycles. The topological polar surface area (TPSA) is 57.1 Å². The molecule has 0 aliphatic carbocycles. The van der Waals surface area contributed by atoms with Crippen molar-refractivity contribution in [2.24, 2.45) is 10.4 Å². The molecule has 3 aliphatic heterocycles. The number of guanidine groups is 1. The predicted molar refractivity (Wildman–Crippen MR) is 102 cm³/mol. The minimum absolute atomic E-state index is 0. The van der Waals surface area contributed by atoms with Gasteiger partial charge in [0.2, 0.25) is 0 Å². The molecule has 0 saturated carbocycles. The molecular weight excluding hydrogens is 413 g/mol. The lowest BCUT2D eigenvalue weighted by atomic mass is 9.87. The van der Waals surface area contributed by atoms with Crippen molar-refractivity contribution in [2.75, 3.05) is 50.9 Å². The maximum Gasteiger partial charge on any atom is 0.194 e. The van der Waals surface area contributed by atoms with Gasteiger partial charge in [-0.3, -0.25) is 4.99 Å². The van der Waals surface area contributed by atoms with E-state index in [-0.39, 0.29) is 24.0 Å². The first-order valence-electron chi connectivity index (χ1n) is 8.06. The van der Waals surface area contributed by atoms with E-state index in [0.717, 1.165) is 56.7 Å². The zero-order chi connectivity index (χ0) is 14.8. The zero-order valence-corrected chi connectivity index (χ0v) is 16.5. The number of thioether (sulfide) groups is 1. The highest BCUT2D eigenvalue weighted by atomic mass is 127. The van der Waals surface area contributed by atoms with Crippen LogP contribution < -0.4 is 5.32 Å². The number of nitrogens with one attached hydrogen (secondary N) is 1. The Hall–Kier alpha value is 0.270. The minimum atomic E-state index is -0.598. The summed E-state index contributed by atoms with van der Waals surface area (Å²) >= 11 is 1.82. The van der Waals surface area contributed by atoms with Gasteiger partial charge in [0, 0.05) is 37.4 Å². The number of nitrogens with zero attached hydrogens (tertiary/aromatic N) is 2. The number of hydrogen-bond donors (Lipinski definition) is 2. The lowest BCUT2D eigenvalue weighted by Gasteiger charge is -2.26. The summed E-state index contributed by atoms with van der Waals surface area (Å²) in [6.07, 6.45) is 3.22. The Morgan fingerprint density at radius 1 is 1.41 bits per heavy atom. The third kappa shape index (κ3) is 4.21. The normalized spacial score (nSPS) is 35.2. The van der Waals surface area contributed by atoms with E-state index in [0.29, 0.717) is 12.0 Å². The molecule has 0 aromatic heterocycles. The standard InChI is InChI=1S/C15H27N3O2S.HI/c1-2-16-13(17-9-15(19)5-8-21-12-15)18-6-3-14(10-18)4-7-20-11-14;/h19H,2-12H2,1H3,(H,16,17);1H. The first kappa shape index (κ1) is 18.6. The first-order chi connectivity index (χ1) is 10.1. The van der Waals surface area contributed by atoms with Crippen LogP contribution >= 0.6 is 35.7 Å². The molecule has 2 N–H and O–H groups in total. The number of hydrogen-bond acceptors (Lipinski definition) is 4. The summed E-state index contributed by atoms with van der Waals surface area (Å²) in [5.74, 6) is 2.83. The fourth-order valence-corrected chi connectivity index (χ4v) is 4.74. The van der Waals surface area contributed by atoms with E-state index < -0.39 is 5.60 Å². The van der Waals surface area contributed by atoms with Gasteiger partial charge in [-0.1, -0.05) is 0 Å². The second-order valence-electron chi connectivity index (χ2n) is 6.67. The number of halogens is 1. The Morgan fingerprint density at radius 2 is 2.27 bits per heavy atom. The fraction of sp³-hybridized carbons (Fsp3) is 0.933. The maximum atomic E-state index is 10.5. The van der Waals surface area contributed by atoms with Crippen molar-refractivity contribution >= 4 is 41.7 Å². The molecule has 22 heavy (non-hydrogen) atoms. The van der Waals surface area contributed by atoms with E-state index in [1.165, 1.54) is 12.8 Å². The molecule has 128 valence electrons. The number of aliphatic imine (C=N–C) groups is 1. The van der Waals surface area contributed by atoms with Gasteiger partial charge in [-0.25, -0.2) is 0 Å². The van der Waals surface area contributed by atoms with Crippen LogP contribution in [0, 0.1) is 5.41 Å². The van der Waals surface area contributed by atoms with E-state index in [1.807, 2.05) is 11.8 Å². The second-order valence-corrected chi connectivity index (χ2v) is 7.78. The Morgan fingerprint density at radius 3 is 2.91 bits per heavy atom. The Labute approximate surface area is 154 Å². The van der Waals surface area contributed by atoms with Gasteiger partial charge in [0.05, 0.1) is 18.8 Å². The molecule has 1 spiro atoms. The SMILES string of the molecule is CCNC(=NCC1(O)CCSC1)N1CCC2(CCOC2)C1.I. The van der Waals surface area contributed by atoms with Gasteiger partial charge in [0.15, 0.2) is 5.96 Å². The van der Waals surface area contributed by atoms with Crippen molar-refractivity contribution in [3.63, 3.8) is 0 Å². The number of aliphatic hydroxyl groups is 1. The maximum absolute atomic E-state index is 10.5. The van der Waals surface area contributed by atoms with E-state index in [2.05, 4.69) is 17.1 Å². The van der Waals surface area contributed by atoms with Gasteiger partial charge in [-0.15, -0.1) is 24.0 Å². The first-order valence-corrected chi connectivity index (χ1v) is 9.21. The predicted octanol–water partition coefficient (Wildman–Crippen LogP) is 1.55. The van der Waals surface area contributed by atoms with Crippen LogP contribution in [0.1, 0.15) is 26.2 Å². The Kier molecular flexibility index (Phi) is 6.68.